The van der Waals surface area contributed by atoms with Crippen molar-refractivity contribution in [3.8, 4) is 11.5 Å². The third-order valence-corrected chi connectivity index (χ3v) is 13.9. The fourth-order valence-corrected chi connectivity index (χ4v) is 10.6. The average Bonchev–Trinajstić information content (AvgIpc) is 3.10. The second kappa shape index (κ2) is 17.3. The predicted molar refractivity (Wildman–Crippen MR) is 195 cm³/mol. The Bertz CT molecular complexity index is 1370. The number of methoxy groups -OCH3 is 1. The van der Waals surface area contributed by atoms with Gasteiger partial charge in [0.05, 0.1) is 23.4 Å². The molecule has 2 fully saturated rings. The smallest absolute Gasteiger partial charge is 0.184 e. The second-order valence-electron chi connectivity index (χ2n) is 13.6. The van der Waals surface area contributed by atoms with Crippen molar-refractivity contribution in [3.05, 3.63) is 95.6 Å². The van der Waals surface area contributed by atoms with Gasteiger partial charge in [0, 0.05) is 17.9 Å². The van der Waals surface area contributed by atoms with Crippen LogP contribution < -0.4 is 9.47 Å². The van der Waals surface area contributed by atoms with Crippen LogP contribution in [0.5, 0.6) is 11.5 Å². The molecule has 0 N–H and O–H groups in total. The maximum Gasteiger partial charge on any atom is 0.184 e. The number of benzene rings is 3. The topological polar surface area (TPSA) is 54.0 Å². The van der Waals surface area contributed by atoms with Gasteiger partial charge in [0.1, 0.15) is 24.4 Å². The summed E-state index contributed by atoms with van der Waals surface area (Å²) >= 11 is 4.18. The zero-order valence-corrected chi connectivity index (χ0v) is 30.2. The van der Waals surface area contributed by atoms with E-state index in [1.165, 1.54) is 17.5 Å². The molecule has 5 nitrogen and oxygen atoms in total. The Morgan fingerprint density at radius 2 is 1.62 bits per heavy atom. The SMILES string of the molecule is COc1ccc([C@H]2O[C@@H](CC3(C(C)(C)CCC=O)SCCCS3)[C@H](C)[C@@H](CCCCc3cccc(OCc4ccccc4)c3)O2)cc1. The fourth-order valence-electron chi connectivity index (χ4n) is 6.76. The van der Waals surface area contributed by atoms with E-state index in [4.69, 9.17) is 18.9 Å². The normalized spacial score (nSPS) is 22.8. The molecular formula is C40H52O5S2. The molecule has 0 spiro atoms. The lowest BCUT2D eigenvalue weighted by Gasteiger charge is -2.52. The van der Waals surface area contributed by atoms with Gasteiger partial charge < -0.3 is 23.7 Å². The van der Waals surface area contributed by atoms with Gasteiger partial charge in [0.25, 0.3) is 0 Å². The van der Waals surface area contributed by atoms with Gasteiger partial charge >= 0.3 is 0 Å². The molecule has 0 amide bonds. The van der Waals surface area contributed by atoms with Gasteiger partial charge in [-0.05, 0) is 90.8 Å². The van der Waals surface area contributed by atoms with E-state index in [-0.39, 0.29) is 27.6 Å². The van der Waals surface area contributed by atoms with Crippen molar-refractivity contribution in [2.24, 2.45) is 11.3 Å². The molecule has 254 valence electrons. The molecule has 2 saturated heterocycles. The van der Waals surface area contributed by atoms with Crippen LogP contribution >= 0.6 is 23.5 Å². The second-order valence-corrected chi connectivity index (χ2v) is 16.6. The molecule has 0 unspecified atom stereocenters. The van der Waals surface area contributed by atoms with Crippen molar-refractivity contribution < 1.29 is 23.7 Å². The molecule has 3 aromatic carbocycles. The van der Waals surface area contributed by atoms with E-state index in [2.05, 4.69) is 86.8 Å². The molecule has 0 aromatic heterocycles. The van der Waals surface area contributed by atoms with Crippen LogP contribution in [-0.2, 0) is 27.3 Å². The van der Waals surface area contributed by atoms with Crippen molar-refractivity contribution in [1.82, 2.24) is 0 Å². The zero-order chi connectivity index (χ0) is 33.1. The van der Waals surface area contributed by atoms with E-state index in [0.717, 1.165) is 73.4 Å². The average molecular weight is 677 g/mol. The molecule has 5 rings (SSSR count). The van der Waals surface area contributed by atoms with Crippen LogP contribution in [0.15, 0.2) is 78.9 Å². The van der Waals surface area contributed by atoms with Gasteiger partial charge in [-0.3, -0.25) is 0 Å². The number of carbonyl (C=O) groups excluding carboxylic acids is 1. The molecule has 0 radical (unpaired) electrons. The largest absolute Gasteiger partial charge is 0.497 e. The first-order chi connectivity index (χ1) is 22.8. The summed E-state index contributed by atoms with van der Waals surface area (Å²) < 4.78 is 25.1. The Labute approximate surface area is 290 Å². The summed E-state index contributed by atoms with van der Waals surface area (Å²) in [5.41, 5.74) is 3.50. The highest BCUT2D eigenvalue weighted by molar-refractivity contribution is 8.18. The Balaban J connectivity index is 1.25. The van der Waals surface area contributed by atoms with Gasteiger partial charge in [-0.2, -0.15) is 0 Å². The molecule has 47 heavy (non-hydrogen) atoms. The van der Waals surface area contributed by atoms with E-state index >= 15 is 0 Å². The maximum absolute atomic E-state index is 11.4. The number of aryl methyl sites for hydroxylation is 1. The van der Waals surface area contributed by atoms with Gasteiger partial charge in [0.2, 0.25) is 0 Å². The molecule has 2 aliphatic rings. The van der Waals surface area contributed by atoms with E-state index in [1.54, 1.807) is 7.11 Å². The molecule has 0 aliphatic carbocycles. The summed E-state index contributed by atoms with van der Waals surface area (Å²) in [4.78, 5) is 11.4. The highest BCUT2D eigenvalue weighted by Gasteiger charge is 2.51. The van der Waals surface area contributed by atoms with Crippen molar-refractivity contribution in [2.75, 3.05) is 18.6 Å². The van der Waals surface area contributed by atoms with Crippen molar-refractivity contribution in [1.29, 1.82) is 0 Å². The fraction of sp³-hybridized carbons (Fsp3) is 0.525. The number of rotatable bonds is 16. The number of ether oxygens (including phenoxy) is 4. The quantitative estimate of drug-likeness (QED) is 0.111. The van der Waals surface area contributed by atoms with Crippen LogP contribution in [-0.4, -0.2) is 41.2 Å². The predicted octanol–water partition coefficient (Wildman–Crippen LogP) is 10.1. The van der Waals surface area contributed by atoms with Crippen LogP contribution in [0.1, 0.15) is 88.7 Å². The third kappa shape index (κ3) is 9.59. The summed E-state index contributed by atoms with van der Waals surface area (Å²) in [6.07, 6.45) is 8.60. The summed E-state index contributed by atoms with van der Waals surface area (Å²) in [5.74, 6) is 4.30. The van der Waals surface area contributed by atoms with E-state index in [1.807, 2.05) is 36.4 Å². The Morgan fingerprint density at radius 3 is 2.34 bits per heavy atom. The van der Waals surface area contributed by atoms with Gasteiger partial charge in [-0.25, -0.2) is 0 Å². The van der Waals surface area contributed by atoms with E-state index in [9.17, 15) is 4.79 Å². The summed E-state index contributed by atoms with van der Waals surface area (Å²) in [5, 5.41) is 0. The number of thioether (sulfide) groups is 2. The molecule has 0 bridgehead atoms. The van der Waals surface area contributed by atoms with Crippen LogP contribution in [0.25, 0.3) is 0 Å². The molecular weight excluding hydrogens is 625 g/mol. The van der Waals surface area contributed by atoms with Crippen LogP contribution in [0.3, 0.4) is 0 Å². The van der Waals surface area contributed by atoms with E-state index in [0.29, 0.717) is 13.0 Å². The highest BCUT2D eigenvalue weighted by atomic mass is 32.2. The lowest BCUT2D eigenvalue weighted by atomic mass is 9.78. The lowest BCUT2D eigenvalue weighted by Crippen LogP contribution is -2.49. The molecule has 0 saturated carbocycles. The Hall–Kier alpha value is -2.45. The van der Waals surface area contributed by atoms with Gasteiger partial charge in [-0.1, -0.05) is 81.8 Å². The summed E-state index contributed by atoms with van der Waals surface area (Å²) in [6.45, 7) is 7.60. The summed E-state index contributed by atoms with van der Waals surface area (Å²) in [7, 11) is 1.69. The zero-order valence-electron chi connectivity index (χ0n) is 28.5. The minimum Gasteiger partial charge on any atom is -0.497 e. The standard InChI is InChI=1S/C40H52O5S2/c1-30-36(18-9-8-13-31-16-10-17-35(27-31)43-29-32-14-6-5-7-15-32)44-38(33-19-21-34(42-4)22-20-33)45-37(30)28-40(46-25-12-26-47-40)39(2,3)23-11-24-41/h5-7,10,14-17,19-22,24,27,30,36-38H,8-9,11-13,18,23,25-26,28-29H2,1-4H3/t30-,36-,37+,38-/m1/s1. The third-order valence-electron chi connectivity index (χ3n) is 9.86. The molecule has 2 aliphatic heterocycles. The molecule has 7 heteroatoms. The number of unbranched alkanes of at least 4 members (excludes halogenated alkanes) is 1. The van der Waals surface area contributed by atoms with E-state index < -0.39 is 6.29 Å². The maximum atomic E-state index is 11.4. The Morgan fingerprint density at radius 1 is 0.894 bits per heavy atom. The Kier molecular flexibility index (Phi) is 13.2. The van der Waals surface area contributed by atoms with Crippen molar-refractivity contribution in [3.63, 3.8) is 0 Å². The van der Waals surface area contributed by atoms with Crippen molar-refractivity contribution >= 4 is 29.8 Å². The number of hydrogen-bond acceptors (Lipinski definition) is 7. The first-order valence-corrected chi connectivity index (χ1v) is 19.2. The first-order valence-electron chi connectivity index (χ1n) is 17.2. The number of carbonyl (C=O) groups is 1. The van der Waals surface area contributed by atoms with Gasteiger partial charge in [0.15, 0.2) is 6.29 Å². The first kappa shape index (κ1) is 35.8. The monoisotopic (exact) mass is 676 g/mol. The molecule has 2 heterocycles. The van der Waals surface area contributed by atoms with Crippen LogP contribution in [0, 0.1) is 11.3 Å². The number of aldehydes is 1. The lowest BCUT2D eigenvalue weighted by molar-refractivity contribution is -0.274. The summed E-state index contributed by atoms with van der Waals surface area (Å²) in [6, 6.07) is 26.9. The molecule has 4 atom stereocenters. The van der Waals surface area contributed by atoms with Crippen molar-refractivity contribution in [2.45, 2.75) is 101 Å². The van der Waals surface area contributed by atoms with Gasteiger partial charge in [-0.15, -0.1) is 23.5 Å². The minimum atomic E-state index is -0.417. The molecule has 3 aromatic rings. The highest BCUT2D eigenvalue weighted by Crippen LogP contribution is 2.59. The van der Waals surface area contributed by atoms with Crippen LogP contribution in [0.2, 0.25) is 0 Å². The minimum absolute atomic E-state index is 0.00446. The number of hydrogen-bond donors (Lipinski definition) is 0. The van der Waals surface area contributed by atoms with Crippen LogP contribution in [0.4, 0.5) is 0 Å².